The van der Waals surface area contributed by atoms with E-state index < -0.39 is 24.4 Å². The van der Waals surface area contributed by atoms with E-state index >= 15 is 0 Å². The Kier molecular flexibility index (Phi) is 17.7. The number of rotatable bonds is 20. The summed E-state index contributed by atoms with van der Waals surface area (Å²) in [6.45, 7) is 3.09. The van der Waals surface area contributed by atoms with Gasteiger partial charge in [-0.2, -0.15) is 0 Å². The molecule has 0 aromatic rings. The molecule has 1 heterocycles. The first-order chi connectivity index (χ1) is 14.7. The van der Waals surface area contributed by atoms with Crippen molar-refractivity contribution in [3.8, 4) is 0 Å². The number of aliphatic hydroxyl groups is 3. The highest BCUT2D eigenvalue weighted by Crippen LogP contribution is 2.18. The van der Waals surface area contributed by atoms with E-state index in [9.17, 15) is 15.3 Å². The van der Waals surface area contributed by atoms with E-state index in [1.165, 1.54) is 83.5 Å². The number of unbranched alkanes of at least 4 members (excludes halogenated alkanes) is 13. The normalized spacial score (nSPS) is 22.9. The number of aliphatic hydroxyl groups excluding tert-OH is 3. The molecule has 0 spiro atoms. The van der Waals surface area contributed by atoms with Gasteiger partial charge < -0.3 is 24.8 Å². The van der Waals surface area contributed by atoms with Crippen molar-refractivity contribution in [2.45, 2.75) is 128 Å². The zero-order valence-electron chi connectivity index (χ0n) is 19.4. The van der Waals surface area contributed by atoms with Crippen molar-refractivity contribution < 1.29 is 24.8 Å². The maximum atomic E-state index is 9.95. The van der Waals surface area contributed by atoms with Crippen molar-refractivity contribution in [2.24, 2.45) is 0 Å². The molecule has 0 bridgehead atoms. The molecule has 178 valence electrons. The van der Waals surface area contributed by atoms with Crippen LogP contribution in [0.15, 0.2) is 12.2 Å². The summed E-state index contributed by atoms with van der Waals surface area (Å²) in [4.78, 5) is 0. The van der Waals surface area contributed by atoms with Crippen LogP contribution >= 0.6 is 0 Å². The summed E-state index contributed by atoms with van der Waals surface area (Å²) in [7, 11) is 0. The van der Waals surface area contributed by atoms with Crippen molar-refractivity contribution in [3.63, 3.8) is 0 Å². The molecular weight excluding hydrogens is 380 g/mol. The molecule has 1 rings (SSSR count). The van der Waals surface area contributed by atoms with Gasteiger partial charge in [-0.1, -0.05) is 83.3 Å². The lowest BCUT2D eigenvalue weighted by molar-refractivity contribution is -0.0813. The van der Waals surface area contributed by atoms with Gasteiger partial charge in [0.05, 0.1) is 13.2 Å². The Morgan fingerprint density at radius 1 is 0.833 bits per heavy atom. The maximum Gasteiger partial charge on any atom is 0.114 e. The van der Waals surface area contributed by atoms with Gasteiger partial charge in [-0.05, 0) is 32.1 Å². The zero-order chi connectivity index (χ0) is 21.9. The van der Waals surface area contributed by atoms with Crippen LogP contribution in [0.1, 0.15) is 103 Å². The van der Waals surface area contributed by atoms with Crippen LogP contribution < -0.4 is 0 Å². The Labute approximate surface area is 184 Å². The molecule has 1 aliphatic rings. The van der Waals surface area contributed by atoms with Crippen molar-refractivity contribution >= 4 is 0 Å². The SMILES string of the molecule is CCCCCCCCCC/C=C/CCCCCCCOC[C@@H](O)[C@@H]1OC[C@H](O)[C@@H]1O. The monoisotopic (exact) mass is 428 g/mol. The van der Waals surface area contributed by atoms with Gasteiger partial charge in [-0.3, -0.25) is 0 Å². The smallest absolute Gasteiger partial charge is 0.114 e. The molecule has 5 nitrogen and oxygen atoms in total. The van der Waals surface area contributed by atoms with Crippen molar-refractivity contribution in [1.29, 1.82) is 0 Å². The number of hydrogen-bond acceptors (Lipinski definition) is 5. The van der Waals surface area contributed by atoms with E-state index in [2.05, 4.69) is 19.1 Å². The number of ether oxygens (including phenoxy) is 2. The standard InChI is InChI=1S/C25H48O5/c1-2-3-4-5-6-7-8-9-10-11-12-13-14-15-16-17-18-19-29-20-23(27)25-24(28)22(26)21-30-25/h11-12,22-28H,2-10,13-21H2,1H3/b12-11+/t22-,23+,24-,25-/m0/s1. The Morgan fingerprint density at radius 3 is 1.90 bits per heavy atom. The molecule has 4 atom stereocenters. The molecule has 30 heavy (non-hydrogen) atoms. The van der Waals surface area contributed by atoms with Gasteiger partial charge in [-0.15, -0.1) is 0 Å². The molecule has 0 saturated carbocycles. The van der Waals surface area contributed by atoms with E-state index in [1.54, 1.807) is 0 Å². The van der Waals surface area contributed by atoms with Gasteiger partial charge in [0.25, 0.3) is 0 Å². The number of hydrogen-bond donors (Lipinski definition) is 3. The molecule has 0 radical (unpaired) electrons. The quantitative estimate of drug-likeness (QED) is 0.190. The van der Waals surface area contributed by atoms with Crippen LogP contribution in [0.3, 0.4) is 0 Å². The summed E-state index contributed by atoms with van der Waals surface area (Å²) in [5.74, 6) is 0. The fourth-order valence-electron chi connectivity index (χ4n) is 3.89. The molecule has 0 unspecified atom stereocenters. The van der Waals surface area contributed by atoms with Crippen LogP contribution in [-0.2, 0) is 9.47 Å². The summed E-state index contributed by atoms with van der Waals surface area (Å²) >= 11 is 0. The lowest BCUT2D eigenvalue weighted by atomic mass is 10.1. The topological polar surface area (TPSA) is 79.2 Å². The molecule has 5 heteroatoms. The maximum absolute atomic E-state index is 9.95. The second-order valence-electron chi connectivity index (χ2n) is 8.79. The van der Waals surface area contributed by atoms with Gasteiger partial charge in [0.2, 0.25) is 0 Å². The summed E-state index contributed by atoms with van der Waals surface area (Å²) < 4.78 is 10.7. The first-order valence-corrected chi connectivity index (χ1v) is 12.5. The second-order valence-corrected chi connectivity index (χ2v) is 8.79. The van der Waals surface area contributed by atoms with Gasteiger partial charge in [-0.25, -0.2) is 0 Å². The van der Waals surface area contributed by atoms with Gasteiger partial charge in [0, 0.05) is 6.61 Å². The third-order valence-corrected chi connectivity index (χ3v) is 5.91. The van der Waals surface area contributed by atoms with Crippen LogP contribution in [0, 0.1) is 0 Å². The van der Waals surface area contributed by atoms with Gasteiger partial charge >= 0.3 is 0 Å². The molecule has 0 amide bonds. The number of allylic oxidation sites excluding steroid dienone is 2. The molecular formula is C25H48O5. The van der Waals surface area contributed by atoms with Crippen LogP contribution in [0.25, 0.3) is 0 Å². The van der Waals surface area contributed by atoms with Crippen molar-refractivity contribution in [2.75, 3.05) is 19.8 Å². The average Bonchev–Trinajstić information content (AvgIpc) is 3.08. The van der Waals surface area contributed by atoms with Crippen LogP contribution in [-0.4, -0.2) is 59.6 Å². The minimum Gasteiger partial charge on any atom is -0.388 e. The van der Waals surface area contributed by atoms with E-state index in [-0.39, 0.29) is 13.2 Å². The molecule has 1 saturated heterocycles. The molecule has 1 aliphatic heterocycles. The average molecular weight is 429 g/mol. The molecule has 0 aromatic heterocycles. The third-order valence-electron chi connectivity index (χ3n) is 5.91. The van der Waals surface area contributed by atoms with E-state index in [0.29, 0.717) is 6.61 Å². The highest BCUT2D eigenvalue weighted by Gasteiger charge is 2.39. The zero-order valence-corrected chi connectivity index (χ0v) is 19.4. The molecule has 3 N–H and O–H groups in total. The Bertz CT molecular complexity index is 401. The molecule has 1 fully saturated rings. The lowest BCUT2D eigenvalue weighted by Crippen LogP contribution is -2.40. The highest BCUT2D eigenvalue weighted by atomic mass is 16.5. The van der Waals surface area contributed by atoms with Crippen LogP contribution in [0.4, 0.5) is 0 Å². The predicted molar refractivity (Wildman–Crippen MR) is 123 cm³/mol. The first kappa shape index (κ1) is 27.6. The summed E-state index contributed by atoms with van der Waals surface area (Å²) in [6, 6.07) is 0. The van der Waals surface area contributed by atoms with Crippen molar-refractivity contribution in [1.82, 2.24) is 0 Å². The molecule has 0 aromatic carbocycles. The third kappa shape index (κ3) is 13.8. The van der Waals surface area contributed by atoms with Gasteiger partial charge in [0.1, 0.15) is 24.4 Å². The Balaban J connectivity index is 1.78. The fourth-order valence-corrected chi connectivity index (χ4v) is 3.89. The largest absolute Gasteiger partial charge is 0.388 e. The minimum absolute atomic E-state index is 0.0667. The van der Waals surface area contributed by atoms with Crippen LogP contribution in [0.2, 0.25) is 0 Å². The predicted octanol–water partition coefficient (Wildman–Crippen LogP) is 4.91. The second kappa shape index (κ2) is 19.2. The fraction of sp³-hybridized carbons (Fsp3) is 0.920. The Hall–Kier alpha value is -0.460. The lowest BCUT2D eigenvalue weighted by Gasteiger charge is -2.20. The first-order valence-electron chi connectivity index (χ1n) is 12.5. The molecule has 0 aliphatic carbocycles. The summed E-state index contributed by atoms with van der Waals surface area (Å²) in [5.41, 5.74) is 0. The summed E-state index contributed by atoms with van der Waals surface area (Å²) in [5, 5.41) is 29.1. The van der Waals surface area contributed by atoms with Crippen molar-refractivity contribution in [3.05, 3.63) is 12.2 Å². The highest BCUT2D eigenvalue weighted by molar-refractivity contribution is 4.87. The van der Waals surface area contributed by atoms with E-state index in [1.807, 2.05) is 0 Å². The van der Waals surface area contributed by atoms with Gasteiger partial charge in [0.15, 0.2) is 0 Å². The van der Waals surface area contributed by atoms with E-state index in [4.69, 9.17) is 9.47 Å². The van der Waals surface area contributed by atoms with Crippen LogP contribution in [0.5, 0.6) is 0 Å². The van der Waals surface area contributed by atoms with E-state index in [0.717, 1.165) is 12.8 Å². The summed E-state index contributed by atoms with van der Waals surface area (Å²) in [6.07, 6.45) is 20.5. The minimum atomic E-state index is -1.03. The Morgan fingerprint density at radius 2 is 1.37 bits per heavy atom.